The fraction of sp³-hybridized carbons (Fsp3) is 0.583. The van der Waals surface area contributed by atoms with Gasteiger partial charge in [0.15, 0.2) is 0 Å². The van der Waals surface area contributed by atoms with Gasteiger partial charge in [0.25, 0.3) is 0 Å². The summed E-state index contributed by atoms with van der Waals surface area (Å²) in [5.74, 6) is 0.406. The van der Waals surface area contributed by atoms with Crippen LogP contribution < -0.4 is 5.32 Å². The summed E-state index contributed by atoms with van der Waals surface area (Å²) in [5.41, 5.74) is 1.82. The van der Waals surface area contributed by atoms with Crippen molar-refractivity contribution >= 4 is 0 Å². The van der Waals surface area contributed by atoms with Crippen molar-refractivity contribution in [3.05, 3.63) is 60.5 Å². The van der Waals surface area contributed by atoms with Gasteiger partial charge in [-0.15, -0.1) is 13.2 Å². The summed E-state index contributed by atoms with van der Waals surface area (Å²) in [4.78, 5) is 2.52. The lowest BCUT2D eigenvalue weighted by Gasteiger charge is -2.59. The van der Waals surface area contributed by atoms with Crippen molar-refractivity contribution in [1.29, 1.82) is 0 Å². The Bertz CT molecular complexity index is 710. The number of halogens is 1. The predicted octanol–water partition coefficient (Wildman–Crippen LogP) is 5.33. The normalized spacial score (nSPS) is 33.3. The summed E-state index contributed by atoms with van der Waals surface area (Å²) >= 11 is 0. The van der Waals surface area contributed by atoms with E-state index in [0.29, 0.717) is 18.0 Å². The first kappa shape index (κ1) is 20.3. The van der Waals surface area contributed by atoms with E-state index in [-0.39, 0.29) is 16.9 Å². The van der Waals surface area contributed by atoms with Crippen molar-refractivity contribution in [2.24, 2.45) is 5.92 Å². The zero-order chi connectivity index (χ0) is 19.8. The van der Waals surface area contributed by atoms with Crippen LogP contribution >= 0.6 is 0 Å². The van der Waals surface area contributed by atoms with Crippen molar-refractivity contribution in [2.45, 2.75) is 76.5 Å². The van der Waals surface area contributed by atoms with E-state index in [1.54, 1.807) is 6.07 Å². The summed E-state index contributed by atoms with van der Waals surface area (Å²) < 4.78 is 14.7. The second-order valence-corrected chi connectivity index (χ2v) is 9.29. The lowest BCUT2D eigenvalue weighted by atomic mass is 9.61. The number of rotatable bonds is 5. The molecule has 1 N–H and O–H groups in total. The van der Waals surface area contributed by atoms with Crippen LogP contribution in [0, 0.1) is 18.7 Å². The van der Waals surface area contributed by atoms with Crippen LogP contribution in [0.2, 0.25) is 0 Å². The molecule has 2 aliphatic rings. The lowest BCUT2D eigenvalue weighted by Crippen LogP contribution is -2.71. The molecule has 1 aliphatic carbocycles. The largest absolute Gasteiger partial charge is 0.296 e. The second-order valence-electron chi connectivity index (χ2n) is 9.29. The molecular weight excluding hydrogens is 335 g/mol. The van der Waals surface area contributed by atoms with E-state index in [1.165, 1.54) is 0 Å². The van der Waals surface area contributed by atoms with Gasteiger partial charge in [-0.2, -0.15) is 0 Å². The fourth-order valence-electron chi connectivity index (χ4n) is 5.54. The van der Waals surface area contributed by atoms with Gasteiger partial charge < -0.3 is 0 Å². The first-order valence-electron chi connectivity index (χ1n) is 10.2. The number of nitrogens with zero attached hydrogens (tertiary/aromatic N) is 1. The Kier molecular flexibility index (Phi) is 5.65. The van der Waals surface area contributed by atoms with Crippen LogP contribution in [0.3, 0.4) is 0 Å². The quantitative estimate of drug-likeness (QED) is 0.705. The molecule has 0 spiro atoms. The Morgan fingerprint density at radius 3 is 2.67 bits per heavy atom. The number of benzene rings is 1. The predicted molar refractivity (Wildman–Crippen MR) is 112 cm³/mol. The van der Waals surface area contributed by atoms with Crippen LogP contribution in [0.4, 0.5) is 4.39 Å². The van der Waals surface area contributed by atoms with Crippen LogP contribution in [0.1, 0.15) is 57.6 Å². The summed E-state index contributed by atoms with van der Waals surface area (Å²) in [6, 6.07) is 6.42. The smallest absolute Gasteiger partial charge is 0.126 e. The molecule has 0 amide bonds. The third-order valence-electron chi connectivity index (χ3n) is 6.87. The maximum Gasteiger partial charge on any atom is 0.126 e. The molecule has 1 heterocycles. The number of hydrogen-bond donors (Lipinski definition) is 1. The third kappa shape index (κ3) is 3.77. The van der Waals surface area contributed by atoms with Crippen molar-refractivity contribution in [1.82, 2.24) is 10.2 Å². The number of aryl methyl sites for hydroxylation is 1. The fourth-order valence-corrected chi connectivity index (χ4v) is 5.54. The van der Waals surface area contributed by atoms with E-state index >= 15 is 0 Å². The minimum Gasteiger partial charge on any atom is -0.296 e. The highest BCUT2D eigenvalue weighted by Crippen LogP contribution is 2.48. The summed E-state index contributed by atoms with van der Waals surface area (Å²) in [6.45, 7) is 17.7. The zero-order valence-electron chi connectivity index (χ0n) is 17.4. The minimum absolute atomic E-state index is 0.0612. The van der Waals surface area contributed by atoms with Crippen molar-refractivity contribution in [3.8, 4) is 0 Å². The van der Waals surface area contributed by atoms with Crippen molar-refractivity contribution < 1.29 is 4.39 Å². The van der Waals surface area contributed by atoms with Gasteiger partial charge in [0.05, 0.1) is 5.66 Å². The Morgan fingerprint density at radius 1 is 1.26 bits per heavy atom. The van der Waals surface area contributed by atoms with Crippen LogP contribution in [0.25, 0.3) is 0 Å². The Labute approximate surface area is 164 Å². The molecular formula is C24H35FN2. The molecule has 1 saturated heterocycles. The highest BCUT2D eigenvalue weighted by atomic mass is 19.1. The van der Waals surface area contributed by atoms with Crippen LogP contribution in [0.15, 0.2) is 43.5 Å². The average molecular weight is 371 g/mol. The molecule has 2 nitrogen and oxygen atoms in total. The van der Waals surface area contributed by atoms with E-state index in [4.69, 9.17) is 0 Å². The lowest BCUT2D eigenvalue weighted by molar-refractivity contribution is -0.0641. The van der Waals surface area contributed by atoms with Crippen LogP contribution in [-0.2, 0) is 5.41 Å². The van der Waals surface area contributed by atoms with E-state index in [2.05, 4.69) is 57.1 Å². The van der Waals surface area contributed by atoms with Gasteiger partial charge in [-0.3, -0.25) is 10.2 Å². The molecule has 4 atom stereocenters. The molecule has 3 rings (SSSR count). The molecule has 0 radical (unpaired) electrons. The number of hydrogen-bond acceptors (Lipinski definition) is 2. The minimum atomic E-state index is -0.125. The number of nitrogens with one attached hydrogen (secondary N) is 1. The highest BCUT2D eigenvalue weighted by molar-refractivity contribution is 5.32. The van der Waals surface area contributed by atoms with E-state index < -0.39 is 0 Å². The van der Waals surface area contributed by atoms with Gasteiger partial charge in [-0.05, 0) is 69.4 Å². The Hall–Kier alpha value is -1.45. The van der Waals surface area contributed by atoms with Gasteiger partial charge in [0.1, 0.15) is 5.82 Å². The molecule has 1 saturated carbocycles. The maximum atomic E-state index is 14.7. The topological polar surface area (TPSA) is 15.3 Å². The first-order chi connectivity index (χ1) is 12.7. The molecule has 0 bridgehead atoms. The summed E-state index contributed by atoms with van der Waals surface area (Å²) in [6.07, 6.45) is 8.06. The van der Waals surface area contributed by atoms with E-state index in [0.717, 1.165) is 43.4 Å². The molecule has 2 fully saturated rings. The van der Waals surface area contributed by atoms with Gasteiger partial charge in [0, 0.05) is 18.6 Å². The van der Waals surface area contributed by atoms with Crippen LogP contribution in [0.5, 0.6) is 0 Å². The molecule has 27 heavy (non-hydrogen) atoms. The first-order valence-corrected chi connectivity index (χ1v) is 10.2. The van der Waals surface area contributed by atoms with Gasteiger partial charge >= 0.3 is 0 Å². The van der Waals surface area contributed by atoms with Gasteiger partial charge in [0.2, 0.25) is 0 Å². The average Bonchev–Trinajstić information content (AvgIpc) is 2.61. The van der Waals surface area contributed by atoms with Crippen LogP contribution in [-0.4, -0.2) is 29.2 Å². The van der Waals surface area contributed by atoms with Gasteiger partial charge in [-0.1, -0.05) is 36.8 Å². The van der Waals surface area contributed by atoms with Gasteiger partial charge in [-0.25, -0.2) is 4.39 Å². The molecule has 1 aromatic carbocycles. The highest BCUT2D eigenvalue weighted by Gasteiger charge is 2.50. The van der Waals surface area contributed by atoms with E-state index in [1.807, 2.05) is 18.2 Å². The van der Waals surface area contributed by atoms with Crippen molar-refractivity contribution in [3.63, 3.8) is 0 Å². The third-order valence-corrected chi connectivity index (χ3v) is 6.87. The molecule has 3 heteroatoms. The standard InChI is InChI=1S/C24H35FN2/c1-7-9-22-18-16-24(6,19-15-17(3)10-11-20(19)25)13-12-21(18)26-23(4,5)27(22)14-8-2/h7-8,10-11,15,18,21-22,26H,1-2,9,12-14,16H2,3-6H3. The second kappa shape index (κ2) is 7.52. The molecule has 1 aromatic rings. The summed E-state index contributed by atoms with van der Waals surface area (Å²) in [7, 11) is 0. The van der Waals surface area contributed by atoms with Crippen molar-refractivity contribution in [2.75, 3.05) is 6.54 Å². The molecule has 0 aromatic heterocycles. The van der Waals surface area contributed by atoms with E-state index in [9.17, 15) is 4.39 Å². The molecule has 148 valence electrons. The SMILES string of the molecule is C=CCC1C2CC(C)(c3cc(C)ccc3F)CCC2NC(C)(C)N1CC=C. The monoisotopic (exact) mass is 370 g/mol. The molecule has 1 aliphatic heterocycles. The summed E-state index contributed by atoms with van der Waals surface area (Å²) in [5, 5.41) is 3.88. The Balaban J connectivity index is 1.96. The maximum absolute atomic E-state index is 14.7. The Morgan fingerprint density at radius 2 is 2.00 bits per heavy atom. The molecule has 4 unspecified atom stereocenters. The zero-order valence-corrected chi connectivity index (χ0v) is 17.4. The number of fused-ring (bicyclic) bond motifs is 1.